The van der Waals surface area contributed by atoms with Crippen molar-refractivity contribution < 1.29 is 4.79 Å². The second-order valence-electron chi connectivity index (χ2n) is 4.42. The average molecular weight is 258 g/mol. The first kappa shape index (κ1) is 14.1. The molecule has 1 aromatic rings. The SMILES string of the molecule is Cc1ccc(C(=O)NC2CCNCC2)n1C.Cl. The molecule has 2 heterocycles. The fourth-order valence-corrected chi connectivity index (χ4v) is 2.07. The monoisotopic (exact) mass is 257 g/mol. The van der Waals surface area contributed by atoms with Gasteiger partial charge in [0.25, 0.3) is 5.91 Å². The van der Waals surface area contributed by atoms with Gasteiger partial charge in [-0.05, 0) is 45.0 Å². The number of carbonyl (C=O) groups is 1. The molecule has 1 fully saturated rings. The van der Waals surface area contributed by atoms with Gasteiger partial charge >= 0.3 is 0 Å². The van der Waals surface area contributed by atoms with Crippen LogP contribution in [-0.4, -0.2) is 29.6 Å². The molecule has 0 saturated carbocycles. The maximum absolute atomic E-state index is 12.0. The Morgan fingerprint density at radius 3 is 2.59 bits per heavy atom. The second kappa shape index (κ2) is 6.07. The van der Waals surface area contributed by atoms with Crippen LogP contribution in [0.5, 0.6) is 0 Å². The Morgan fingerprint density at radius 2 is 2.06 bits per heavy atom. The van der Waals surface area contributed by atoms with Crippen molar-refractivity contribution in [1.29, 1.82) is 0 Å². The summed E-state index contributed by atoms with van der Waals surface area (Å²) >= 11 is 0. The van der Waals surface area contributed by atoms with Gasteiger partial charge in [0.1, 0.15) is 5.69 Å². The van der Waals surface area contributed by atoms with Gasteiger partial charge in [-0.3, -0.25) is 4.79 Å². The van der Waals surface area contributed by atoms with E-state index in [9.17, 15) is 4.79 Å². The largest absolute Gasteiger partial charge is 0.348 e. The van der Waals surface area contributed by atoms with Crippen molar-refractivity contribution in [2.75, 3.05) is 13.1 Å². The van der Waals surface area contributed by atoms with Crippen molar-refractivity contribution in [3.05, 3.63) is 23.5 Å². The van der Waals surface area contributed by atoms with Crippen molar-refractivity contribution in [1.82, 2.24) is 15.2 Å². The smallest absolute Gasteiger partial charge is 0.268 e. The number of carbonyl (C=O) groups excluding carboxylic acids is 1. The van der Waals surface area contributed by atoms with Gasteiger partial charge in [-0.2, -0.15) is 0 Å². The lowest BCUT2D eigenvalue weighted by molar-refractivity contribution is 0.0921. The van der Waals surface area contributed by atoms with Crippen LogP contribution in [0, 0.1) is 6.92 Å². The molecule has 0 spiro atoms. The molecule has 1 amide bonds. The van der Waals surface area contributed by atoms with Gasteiger partial charge in [-0.25, -0.2) is 0 Å². The molecule has 96 valence electrons. The zero-order chi connectivity index (χ0) is 11.5. The Kier molecular flexibility index (Phi) is 5.02. The summed E-state index contributed by atoms with van der Waals surface area (Å²) in [6.45, 7) is 4.00. The van der Waals surface area contributed by atoms with Gasteiger partial charge in [0.15, 0.2) is 0 Å². The minimum atomic E-state index is 0. The van der Waals surface area contributed by atoms with Crippen LogP contribution < -0.4 is 10.6 Å². The normalized spacial score (nSPS) is 16.4. The number of halogens is 1. The van der Waals surface area contributed by atoms with E-state index in [1.165, 1.54) is 0 Å². The maximum Gasteiger partial charge on any atom is 0.268 e. The zero-order valence-corrected chi connectivity index (χ0v) is 11.1. The van der Waals surface area contributed by atoms with Crippen LogP contribution in [0.1, 0.15) is 29.0 Å². The standard InChI is InChI=1S/C12H19N3O.ClH/c1-9-3-4-11(15(9)2)12(16)14-10-5-7-13-8-6-10;/h3-4,10,13H,5-8H2,1-2H3,(H,14,16);1H. The van der Waals surface area contributed by atoms with Gasteiger partial charge in [0.2, 0.25) is 0 Å². The van der Waals surface area contributed by atoms with Crippen molar-refractivity contribution in [3.8, 4) is 0 Å². The van der Waals surface area contributed by atoms with E-state index in [1.54, 1.807) is 0 Å². The van der Waals surface area contributed by atoms with Crippen LogP contribution in [0.25, 0.3) is 0 Å². The molecule has 1 aliphatic heterocycles. The van der Waals surface area contributed by atoms with Crippen LogP contribution in [0.3, 0.4) is 0 Å². The summed E-state index contributed by atoms with van der Waals surface area (Å²) in [7, 11) is 1.92. The molecular weight excluding hydrogens is 238 g/mol. The van der Waals surface area contributed by atoms with E-state index in [0.717, 1.165) is 37.3 Å². The summed E-state index contributed by atoms with van der Waals surface area (Å²) in [5, 5.41) is 6.38. The van der Waals surface area contributed by atoms with E-state index in [0.29, 0.717) is 6.04 Å². The molecule has 4 nitrogen and oxygen atoms in total. The molecule has 0 aromatic carbocycles. The van der Waals surface area contributed by atoms with Crippen LogP contribution in [0.4, 0.5) is 0 Å². The zero-order valence-electron chi connectivity index (χ0n) is 10.3. The predicted octanol–water partition coefficient (Wildman–Crippen LogP) is 1.24. The first-order valence-corrected chi connectivity index (χ1v) is 5.82. The predicted molar refractivity (Wildman–Crippen MR) is 70.8 cm³/mol. The van der Waals surface area contributed by atoms with E-state index >= 15 is 0 Å². The molecule has 2 N–H and O–H groups in total. The Hall–Kier alpha value is -1.00. The molecule has 17 heavy (non-hydrogen) atoms. The average Bonchev–Trinajstić information content (AvgIpc) is 2.61. The molecule has 0 aliphatic carbocycles. The molecule has 1 aliphatic rings. The third-order valence-corrected chi connectivity index (χ3v) is 3.28. The fraction of sp³-hybridized carbons (Fsp3) is 0.583. The first-order chi connectivity index (χ1) is 7.68. The number of nitrogens with zero attached hydrogens (tertiary/aromatic N) is 1. The van der Waals surface area contributed by atoms with Gasteiger partial charge in [0, 0.05) is 18.8 Å². The molecule has 0 bridgehead atoms. The van der Waals surface area contributed by atoms with E-state index in [2.05, 4.69) is 10.6 Å². The highest BCUT2D eigenvalue weighted by molar-refractivity contribution is 5.93. The van der Waals surface area contributed by atoms with Gasteiger partial charge in [0.05, 0.1) is 0 Å². The van der Waals surface area contributed by atoms with E-state index in [1.807, 2.05) is 30.7 Å². The Labute approximate surface area is 108 Å². The van der Waals surface area contributed by atoms with Crippen molar-refractivity contribution in [3.63, 3.8) is 0 Å². The quantitative estimate of drug-likeness (QED) is 0.837. The highest BCUT2D eigenvalue weighted by Crippen LogP contribution is 2.08. The lowest BCUT2D eigenvalue weighted by Gasteiger charge is -2.23. The Balaban J connectivity index is 0.00000144. The van der Waals surface area contributed by atoms with Crippen molar-refractivity contribution in [2.24, 2.45) is 7.05 Å². The van der Waals surface area contributed by atoms with Crippen LogP contribution >= 0.6 is 12.4 Å². The third-order valence-electron chi connectivity index (χ3n) is 3.28. The van der Waals surface area contributed by atoms with Crippen LogP contribution in [-0.2, 0) is 7.05 Å². The Morgan fingerprint density at radius 1 is 1.41 bits per heavy atom. The lowest BCUT2D eigenvalue weighted by atomic mass is 10.1. The number of hydrogen-bond donors (Lipinski definition) is 2. The molecule has 5 heteroatoms. The minimum absolute atomic E-state index is 0. The number of aromatic nitrogens is 1. The molecular formula is C12H20ClN3O. The number of nitrogens with one attached hydrogen (secondary N) is 2. The van der Waals surface area contributed by atoms with Crippen LogP contribution in [0.15, 0.2) is 12.1 Å². The summed E-state index contributed by atoms with van der Waals surface area (Å²) in [5.41, 5.74) is 1.85. The van der Waals surface area contributed by atoms with Gasteiger partial charge < -0.3 is 15.2 Å². The van der Waals surface area contributed by atoms with E-state index in [4.69, 9.17) is 0 Å². The highest BCUT2D eigenvalue weighted by Gasteiger charge is 2.17. The number of hydrogen-bond acceptors (Lipinski definition) is 2. The van der Waals surface area contributed by atoms with Crippen molar-refractivity contribution >= 4 is 18.3 Å². The van der Waals surface area contributed by atoms with Gasteiger partial charge in [-0.15, -0.1) is 12.4 Å². The minimum Gasteiger partial charge on any atom is -0.348 e. The third kappa shape index (κ3) is 3.23. The lowest BCUT2D eigenvalue weighted by Crippen LogP contribution is -2.43. The summed E-state index contributed by atoms with van der Waals surface area (Å²) in [6.07, 6.45) is 2.05. The first-order valence-electron chi connectivity index (χ1n) is 5.82. The summed E-state index contributed by atoms with van der Waals surface area (Å²) in [5.74, 6) is 0.0440. The van der Waals surface area contributed by atoms with Gasteiger partial charge in [-0.1, -0.05) is 0 Å². The summed E-state index contributed by atoms with van der Waals surface area (Å²) in [4.78, 5) is 12.0. The second-order valence-corrected chi connectivity index (χ2v) is 4.42. The maximum atomic E-state index is 12.0. The molecule has 0 radical (unpaired) electrons. The molecule has 1 saturated heterocycles. The number of piperidine rings is 1. The molecule has 2 rings (SSSR count). The summed E-state index contributed by atoms with van der Waals surface area (Å²) in [6, 6.07) is 4.17. The van der Waals surface area contributed by atoms with Crippen LogP contribution in [0.2, 0.25) is 0 Å². The molecule has 0 unspecified atom stereocenters. The fourth-order valence-electron chi connectivity index (χ4n) is 2.07. The highest BCUT2D eigenvalue weighted by atomic mass is 35.5. The summed E-state index contributed by atoms with van der Waals surface area (Å²) < 4.78 is 1.93. The molecule has 1 aromatic heterocycles. The van der Waals surface area contributed by atoms with E-state index < -0.39 is 0 Å². The van der Waals surface area contributed by atoms with E-state index in [-0.39, 0.29) is 18.3 Å². The number of amides is 1. The number of aryl methyl sites for hydroxylation is 1. The molecule has 0 atom stereocenters. The number of rotatable bonds is 2. The Bertz CT molecular complexity index is 383. The van der Waals surface area contributed by atoms with Crippen molar-refractivity contribution in [2.45, 2.75) is 25.8 Å². The topological polar surface area (TPSA) is 46.1 Å².